The molecule has 0 saturated heterocycles. The first-order chi connectivity index (χ1) is 38.8. The van der Waals surface area contributed by atoms with Gasteiger partial charge in [-0.25, -0.2) is 24.2 Å². The van der Waals surface area contributed by atoms with Gasteiger partial charge in [0, 0.05) is 19.5 Å². The van der Waals surface area contributed by atoms with E-state index in [4.69, 9.17) is 18.9 Å². The molecule has 0 saturated carbocycles. The molecule has 3 atom stereocenters. The molecule has 19 heteroatoms. The number of ether oxygens (including phenoxy) is 4. The molecule has 0 aliphatic heterocycles. The van der Waals surface area contributed by atoms with Crippen LogP contribution in [0.5, 0.6) is 5.75 Å². The zero-order chi connectivity index (χ0) is 56.9. The number of amides is 6. The van der Waals surface area contributed by atoms with Gasteiger partial charge in [0.2, 0.25) is 23.7 Å². The van der Waals surface area contributed by atoms with Crippen LogP contribution in [-0.2, 0) is 67.8 Å². The number of alkyl carbamates (subject to hydrolysis) is 4. The molecule has 418 valence electrons. The van der Waals surface area contributed by atoms with Crippen molar-refractivity contribution in [2.45, 2.75) is 91.4 Å². The van der Waals surface area contributed by atoms with Crippen LogP contribution in [0.4, 0.5) is 19.2 Å². The van der Waals surface area contributed by atoms with Crippen LogP contribution in [0.1, 0.15) is 70.7 Å². The molecule has 0 radical (unpaired) electrons. The molecule has 80 heavy (non-hydrogen) atoms. The van der Waals surface area contributed by atoms with E-state index in [2.05, 4.69) is 41.9 Å². The lowest BCUT2D eigenvalue weighted by molar-refractivity contribution is -0.129. The maximum Gasteiger partial charge on any atom is 0.414 e. The first-order valence-corrected chi connectivity index (χ1v) is 26.2. The Kier molecular flexibility index (Phi) is 24.1. The number of nitrogens with one attached hydrogen (secondary N) is 6. The molecule has 0 spiro atoms. The van der Waals surface area contributed by atoms with E-state index in [1.807, 2.05) is 103 Å². The van der Waals surface area contributed by atoms with Gasteiger partial charge in [-0.05, 0) is 103 Å². The van der Waals surface area contributed by atoms with E-state index >= 15 is 0 Å². The number of guanidine groups is 2. The molecule has 6 aromatic carbocycles. The standard InChI is InChI=1S/C61H68N8O11/c1-42-33-51(70)34-43(2)52(42)36-53(65-57(68-60(75)79-40-48-27-15-7-16-28-48)69-61(76)80-41-49-29-17-8-18-30-49)55(72)64-44(3)54(71)63-37-50(35-45-21-9-4-10-22-45)31-19-20-32-62-56(66-58(73)77-38-46-23-11-5-12-24-46)67-59(74)78-39-47-25-13-6-14-26-47/h4-18,21-30,33-34,44,50,53,70H,19-20,31-32,35-41H2,1-3H3,(H,63,71)(H,64,72)(H2,62,66,67,73,74)(H2,65,68,69,75,76). The molecule has 6 aromatic rings. The van der Waals surface area contributed by atoms with Crippen molar-refractivity contribution in [3.05, 3.63) is 208 Å². The number of benzene rings is 6. The van der Waals surface area contributed by atoms with Gasteiger partial charge in [0.25, 0.3) is 0 Å². The highest BCUT2D eigenvalue weighted by Crippen LogP contribution is 2.23. The summed E-state index contributed by atoms with van der Waals surface area (Å²) in [5.41, 5.74) is 5.95. The number of nitrogens with zero attached hydrogens (tertiary/aromatic N) is 2. The molecule has 0 bridgehead atoms. The highest BCUT2D eigenvalue weighted by molar-refractivity contribution is 6.03. The first kappa shape index (κ1) is 59.7. The van der Waals surface area contributed by atoms with Crippen LogP contribution in [0.2, 0.25) is 0 Å². The third kappa shape index (κ3) is 21.8. The summed E-state index contributed by atoms with van der Waals surface area (Å²) in [6.07, 6.45) is -1.23. The molecule has 0 aliphatic carbocycles. The van der Waals surface area contributed by atoms with Gasteiger partial charge < -0.3 is 34.7 Å². The first-order valence-electron chi connectivity index (χ1n) is 26.2. The van der Waals surface area contributed by atoms with Crippen LogP contribution in [0.25, 0.3) is 0 Å². The molecule has 7 N–H and O–H groups in total. The Morgan fingerprint density at radius 1 is 0.500 bits per heavy atom. The van der Waals surface area contributed by atoms with Crippen LogP contribution in [0.15, 0.2) is 174 Å². The fraction of sp³-hybridized carbons (Fsp3) is 0.279. The number of aryl methyl sites for hydroxylation is 2. The molecule has 3 unspecified atom stereocenters. The summed E-state index contributed by atoms with van der Waals surface area (Å²) in [6.45, 7) is 5.30. The molecular weight excluding hydrogens is 1020 g/mol. The minimum atomic E-state index is -1.36. The molecule has 0 heterocycles. The lowest BCUT2D eigenvalue weighted by atomic mass is 9.94. The van der Waals surface area contributed by atoms with Crippen LogP contribution >= 0.6 is 0 Å². The number of phenolic OH excluding ortho intramolecular Hbond substituents is 1. The van der Waals surface area contributed by atoms with E-state index in [-0.39, 0.29) is 63.6 Å². The topological polar surface area (TPSA) is 256 Å². The summed E-state index contributed by atoms with van der Waals surface area (Å²) >= 11 is 0. The predicted octanol–water partition coefficient (Wildman–Crippen LogP) is 8.99. The van der Waals surface area contributed by atoms with Gasteiger partial charge in [-0.3, -0.25) is 35.8 Å². The van der Waals surface area contributed by atoms with Gasteiger partial charge in [-0.1, -0.05) is 158 Å². The van der Waals surface area contributed by atoms with E-state index in [9.17, 15) is 33.9 Å². The summed E-state index contributed by atoms with van der Waals surface area (Å²) in [6, 6.07) is 46.6. The van der Waals surface area contributed by atoms with Crippen LogP contribution in [0.3, 0.4) is 0 Å². The quantitative estimate of drug-likeness (QED) is 0.0138. The molecule has 0 aromatic heterocycles. The third-order valence-electron chi connectivity index (χ3n) is 12.4. The average molecular weight is 1090 g/mol. The summed E-state index contributed by atoms with van der Waals surface area (Å²) < 4.78 is 21.6. The van der Waals surface area contributed by atoms with Crippen LogP contribution in [0, 0.1) is 19.8 Å². The highest BCUT2D eigenvalue weighted by Gasteiger charge is 2.27. The Labute approximate surface area is 465 Å². The monoisotopic (exact) mass is 1090 g/mol. The fourth-order valence-electron chi connectivity index (χ4n) is 8.20. The summed E-state index contributed by atoms with van der Waals surface area (Å²) in [4.78, 5) is 89.4. The lowest BCUT2D eigenvalue weighted by Crippen LogP contribution is -2.50. The van der Waals surface area contributed by atoms with E-state index in [1.165, 1.54) is 6.92 Å². The van der Waals surface area contributed by atoms with E-state index in [0.717, 1.165) is 16.7 Å². The largest absolute Gasteiger partial charge is 0.508 e. The number of rotatable bonds is 23. The van der Waals surface area contributed by atoms with Gasteiger partial charge >= 0.3 is 24.4 Å². The number of hydrogen-bond donors (Lipinski definition) is 7. The Morgan fingerprint density at radius 3 is 1.30 bits per heavy atom. The van der Waals surface area contributed by atoms with Gasteiger partial charge in [-0.15, -0.1) is 0 Å². The zero-order valence-electron chi connectivity index (χ0n) is 45.0. The fourth-order valence-corrected chi connectivity index (χ4v) is 8.20. The summed E-state index contributed by atoms with van der Waals surface area (Å²) in [5.74, 6) is -1.83. The van der Waals surface area contributed by atoms with Gasteiger partial charge in [0.1, 0.15) is 44.3 Å². The number of unbranched alkanes of at least 4 members (excludes halogenated alkanes) is 1. The second-order valence-electron chi connectivity index (χ2n) is 18.8. The number of aliphatic imine (C=N–C) groups is 2. The summed E-state index contributed by atoms with van der Waals surface area (Å²) in [5, 5.41) is 26.0. The Balaban J connectivity index is 1.12. The van der Waals surface area contributed by atoms with Gasteiger partial charge in [0.15, 0.2) is 0 Å². The average Bonchev–Trinajstić information content (AvgIpc) is 3.47. The highest BCUT2D eigenvalue weighted by atomic mass is 16.6. The Bertz CT molecular complexity index is 2860. The second-order valence-corrected chi connectivity index (χ2v) is 18.8. The van der Waals surface area contributed by atoms with Crippen LogP contribution < -0.4 is 31.9 Å². The number of hydrogen-bond acceptors (Lipinski definition) is 13. The van der Waals surface area contributed by atoms with E-state index < -0.39 is 54.2 Å². The van der Waals surface area contributed by atoms with Crippen molar-refractivity contribution in [3.8, 4) is 5.75 Å². The van der Waals surface area contributed by atoms with E-state index in [0.29, 0.717) is 53.5 Å². The maximum absolute atomic E-state index is 14.4. The van der Waals surface area contributed by atoms with Crippen molar-refractivity contribution < 1.29 is 52.8 Å². The molecule has 6 amide bonds. The van der Waals surface area contributed by atoms with Crippen molar-refractivity contribution in [3.63, 3.8) is 0 Å². The zero-order valence-corrected chi connectivity index (χ0v) is 45.0. The molecule has 0 fully saturated rings. The van der Waals surface area contributed by atoms with Crippen LogP contribution in [-0.4, -0.2) is 78.4 Å². The minimum absolute atomic E-state index is 0.000151. The Morgan fingerprint density at radius 2 is 0.887 bits per heavy atom. The lowest BCUT2D eigenvalue weighted by Gasteiger charge is -2.22. The smallest absolute Gasteiger partial charge is 0.414 e. The number of carbonyl (C=O) groups is 6. The SMILES string of the molecule is Cc1cc(O)cc(C)c1CC(N=C(NC(=O)OCc1ccccc1)NC(=O)OCc1ccccc1)C(=O)NC(C)C(=O)NCC(CCCCN=C(NC(=O)OCc1ccccc1)NC(=O)OCc1ccccc1)Cc1ccccc1. The number of carbonyl (C=O) groups excluding carboxylic acids is 6. The van der Waals surface area contributed by atoms with Crippen molar-refractivity contribution in [1.82, 2.24) is 31.9 Å². The molecular formula is C61H68N8O11. The predicted molar refractivity (Wildman–Crippen MR) is 302 cm³/mol. The van der Waals surface area contributed by atoms with Gasteiger partial charge in [0.05, 0.1) is 0 Å². The minimum Gasteiger partial charge on any atom is -0.508 e. The molecule has 6 rings (SSSR count). The van der Waals surface area contributed by atoms with Crippen molar-refractivity contribution in [2.24, 2.45) is 15.9 Å². The van der Waals surface area contributed by atoms with Crippen molar-refractivity contribution in [1.29, 1.82) is 0 Å². The summed E-state index contributed by atoms with van der Waals surface area (Å²) in [7, 11) is 0. The maximum atomic E-state index is 14.4. The van der Waals surface area contributed by atoms with Crippen molar-refractivity contribution >= 4 is 48.1 Å². The third-order valence-corrected chi connectivity index (χ3v) is 12.4. The van der Waals surface area contributed by atoms with E-state index in [1.54, 1.807) is 74.5 Å². The second kappa shape index (κ2) is 32.3. The molecule has 0 aliphatic rings. The van der Waals surface area contributed by atoms with Gasteiger partial charge in [-0.2, -0.15) is 0 Å². The number of phenols is 1. The van der Waals surface area contributed by atoms with Crippen molar-refractivity contribution in [2.75, 3.05) is 13.1 Å². The number of aromatic hydroxyl groups is 1. The normalized spacial score (nSPS) is 11.7. The Hall–Kier alpha value is -9.52. The molecule has 19 nitrogen and oxygen atoms in total.